The molecule has 0 bridgehead atoms. The minimum Gasteiger partial charge on any atom is -0.384 e. The number of ether oxygens (including phenoxy) is 1. The van der Waals surface area contributed by atoms with Gasteiger partial charge in [0, 0.05) is 39.2 Å². The first kappa shape index (κ1) is 23.3. The van der Waals surface area contributed by atoms with E-state index in [9.17, 15) is 4.79 Å². The van der Waals surface area contributed by atoms with Crippen LogP contribution in [0.15, 0.2) is 0 Å². The fraction of sp³-hybridized carbons (Fsp3) is 0.964. The lowest BCUT2D eigenvalue weighted by Gasteiger charge is -2.62. The quantitative estimate of drug-likeness (QED) is 0.614. The highest BCUT2D eigenvalue weighted by molar-refractivity contribution is 5.84. The third-order valence-electron chi connectivity index (χ3n) is 11.4. The zero-order valence-electron chi connectivity index (χ0n) is 21.3. The van der Waals surface area contributed by atoms with Gasteiger partial charge in [-0.1, -0.05) is 20.3 Å². The number of ketones is 1. The number of hydrogen-bond acceptors (Lipinski definition) is 4. The molecule has 0 aromatic heterocycles. The van der Waals surface area contributed by atoms with Gasteiger partial charge >= 0.3 is 0 Å². The normalized spacial score (nSPS) is 47.5. The molecular weight excluding hydrogens is 396 g/mol. The third-order valence-corrected chi connectivity index (χ3v) is 11.4. The Morgan fingerprint density at radius 3 is 2.50 bits per heavy atom. The molecular formula is C28H48N2O2. The molecule has 4 saturated carbocycles. The van der Waals surface area contributed by atoms with Crippen LogP contribution in [0.2, 0.25) is 0 Å². The lowest BCUT2D eigenvalue weighted by Crippen LogP contribution is -2.56. The summed E-state index contributed by atoms with van der Waals surface area (Å²) < 4.78 is 5.95. The molecule has 5 fully saturated rings. The molecule has 4 aliphatic carbocycles. The van der Waals surface area contributed by atoms with E-state index >= 15 is 0 Å². The Morgan fingerprint density at radius 1 is 0.969 bits per heavy atom. The lowest BCUT2D eigenvalue weighted by atomic mass is 9.44. The summed E-state index contributed by atoms with van der Waals surface area (Å²) in [5, 5.41) is 0. The van der Waals surface area contributed by atoms with Crippen LogP contribution in [0.25, 0.3) is 0 Å². The maximum absolute atomic E-state index is 13.6. The van der Waals surface area contributed by atoms with Crippen LogP contribution in [-0.4, -0.2) is 69.1 Å². The fourth-order valence-electron chi connectivity index (χ4n) is 9.68. The molecule has 0 spiro atoms. The highest BCUT2D eigenvalue weighted by Gasteiger charge is 2.62. The van der Waals surface area contributed by atoms with Gasteiger partial charge in [0.25, 0.3) is 0 Å². The Morgan fingerprint density at radius 2 is 1.75 bits per heavy atom. The van der Waals surface area contributed by atoms with Gasteiger partial charge in [0.05, 0.1) is 13.2 Å². The number of hydrogen-bond donors (Lipinski definition) is 0. The molecule has 1 saturated heterocycles. The highest BCUT2D eigenvalue weighted by atomic mass is 16.5. The predicted molar refractivity (Wildman–Crippen MR) is 130 cm³/mol. The van der Waals surface area contributed by atoms with E-state index in [1.807, 2.05) is 7.11 Å². The predicted octanol–water partition coefficient (Wildman–Crippen LogP) is 4.72. The van der Waals surface area contributed by atoms with E-state index in [4.69, 9.17) is 4.74 Å². The Kier molecular flexibility index (Phi) is 6.53. The Bertz CT molecular complexity index is 689. The summed E-state index contributed by atoms with van der Waals surface area (Å²) in [6, 6.07) is 0. The average Bonchev–Trinajstić information content (AvgIpc) is 3.13. The van der Waals surface area contributed by atoms with Crippen molar-refractivity contribution in [2.45, 2.75) is 71.6 Å². The summed E-state index contributed by atoms with van der Waals surface area (Å²) in [5.41, 5.74) is 0.668. The number of piperazine rings is 1. The van der Waals surface area contributed by atoms with Crippen LogP contribution >= 0.6 is 0 Å². The molecule has 182 valence electrons. The summed E-state index contributed by atoms with van der Waals surface area (Å²) in [7, 11) is 4.13. The first-order chi connectivity index (χ1) is 15.4. The zero-order valence-corrected chi connectivity index (χ0v) is 21.3. The van der Waals surface area contributed by atoms with Gasteiger partial charge < -0.3 is 9.64 Å². The molecule has 5 rings (SSSR count). The maximum Gasteiger partial charge on any atom is 0.150 e. The standard InChI is InChI=1S/C28H48N2O2/c1-20-9-12-28(19-32-4)21(17-20)5-6-22-23-7-8-25(27(23,2)11-10-24(22)28)26(31)18-30-15-13-29(3)14-16-30/h20-25H,5-19H2,1-4H3/t20-,21-,22-,23-,24-,25+,27-,28+/m0/s1. The average molecular weight is 445 g/mol. The van der Waals surface area contributed by atoms with Crippen LogP contribution in [0.4, 0.5) is 0 Å². The molecule has 8 atom stereocenters. The van der Waals surface area contributed by atoms with Gasteiger partial charge in [-0.15, -0.1) is 0 Å². The molecule has 0 radical (unpaired) electrons. The van der Waals surface area contributed by atoms with Crippen molar-refractivity contribution in [3.63, 3.8) is 0 Å². The number of rotatable bonds is 5. The van der Waals surface area contributed by atoms with Gasteiger partial charge in [-0.2, -0.15) is 0 Å². The summed E-state index contributed by atoms with van der Waals surface area (Å²) >= 11 is 0. The topological polar surface area (TPSA) is 32.8 Å². The van der Waals surface area contributed by atoms with Gasteiger partial charge in [0.2, 0.25) is 0 Å². The molecule has 1 aliphatic heterocycles. The molecule has 4 nitrogen and oxygen atoms in total. The molecule has 0 unspecified atom stereocenters. The van der Waals surface area contributed by atoms with Crippen molar-refractivity contribution in [3.8, 4) is 0 Å². The van der Waals surface area contributed by atoms with Crippen LogP contribution in [0, 0.1) is 46.3 Å². The van der Waals surface area contributed by atoms with E-state index in [0.717, 1.165) is 68.8 Å². The molecule has 0 N–H and O–H groups in total. The van der Waals surface area contributed by atoms with E-state index in [1.54, 1.807) is 0 Å². The van der Waals surface area contributed by atoms with Crippen molar-refractivity contribution < 1.29 is 9.53 Å². The highest BCUT2D eigenvalue weighted by Crippen LogP contribution is 2.68. The van der Waals surface area contributed by atoms with Gasteiger partial charge in [0.15, 0.2) is 0 Å². The molecule has 32 heavy (non-hydrogen) atoms. The minimum atomic E-state index is 0.244. The second-order valence-corrected chi connectivity index (χ2v) is 12.9. The fourth-order valence-corrected chi connectivity index (χ4v) is 9.68. The maximum atomic E-state index is 13.6. The number of Topliss-reactive ketones (excluding diaryl/α,β-unsaturated/α-hetero) is 1. The van der Waals surface area contributed by atoms with Gasteiger partial charge in [-0.25, -0.2) is 0 Å². The van der Waals surface area contributed by atoms with Crippen LogP contribution in [-0.2, 0) is 9.53 Å². The van der Waals surface area contributed by atoms with E-state index in [-0.39, 0.29) is 5.41 Å². The van der Waals surface area contributed by atoms with Crippen LogP contribution in [0.1, 0.15) is 71.6 Å². The molecule has 0 amide bonds. The van der Waals surface area contributed by atoms with Crippen molar-refractivity contribution in [3.05, 3.63) is 0 Å². The first-order valence-corrected chi connectivity index (χ1v) is 13.8. The number of carbonyl (C=O) groups excluding carboxylic acids is 1. The second-order valence-electron chi connectivity index (χ2n) is 12.9. The number of carbonyl (C=O) groups is 1. The van der Waals surface area contributed by atoms with Gasteiger partial charge in [-0.05, 0) is 98.8 Å². The van der Waals surface area contributed by atoms with Crippen LogP contribution in [0.5, 0.6) is 0 Å². The Hall–Kier alpha value is -0.450. The van der Waals surface area contributed by atoms with Crippen molar-refractivity contribution in [1.29, 1.82) is 0 Å². The molecule has 5 aliphatic rings. The van der Waals surface area contributed by atoms with Crippen molar-refractivity contribution >= 4 is 5.78 Å². The number of fused-ring (bicyclic) bond motifs is 5. The SMILES string of the molecule is COC[C@]12CC[C@H](C)C[C@@H]1CC[C@H]1[C@@H]3CC[C@H](C(=O)CN4CCN(C)CC4)[C@@]3(C)CC[C@@H]12. The van der Waals surface area contributed by atoms with Crippen LogP contribution < -0.4 is 0 Å². The largest absolute Gasteiger partial charge is 0.384 e. The second kappa shape index (κ2) is 8.96. The summed E-state index contributed by atoms with van der Waals surface area (Å²) in [6.45, 7) is 11.0. The molecule has 0 aromatic carbocycles. The molecule has 4 heteroatoms. The third kappa shape index (κ3) is 3.81. The Balaban J connectivity index is 1.31. The smallest absolute Gasteiger partial charge is 0.150 e. The monoisotopic (exact) mass is 444 g/mol. The summed E-state index contributed by atoms with van der Waals surface area (Å²) in [6.07, 6.45) is 12.0. The van der Waals surface area contributed by atoms with Crippen LogP contribution in [0.3, 0.4) is 0 Å². The number of methoxy groups -OCH3 is 1. The number of likely N-dealkylation sites (N-methyl/N-ethyl adjacent to an activating group) is 1. The summed E-state index contributed by atoms with van der Waals surface area (Å²) in [4.78, 5) is 18.4. The number of nitrogens with zero attached hydrogens (tertiary/aromatic N) is 2. The van der Waals surface area contributed by atoms with E-state index < -0.39 is 0 Å². The van der Waals surface area contributed by atoms with E-state index in [0.29, 0.717) is 23.7 Å². The van der Waals surface area contributed by atoms with Gasteiger partial charge in [-0.3, -0.25) is 9.69 Å². The summed E-state index contributed by atoms with van der Waals surface area (Å²) in [5.74, 6) is 5.04. The minimum absolute atomic E-state index is 0.244. The van der Waals surface area contributed by atoms with Crippen molar-refractivity contribution in [2.24, 2.45) is 46.3 Å². The van der Waals surface area contributed by atoms with Crippen molar-refractivity contribution in [2.75, 3.05) is 53.5 Å². The molecule has 1 heterocycles. The van der Waals surface area contributed by atoms with Crippen molar-refractivity contribution in [1.82, 2.24) is 9.80 Å². The van der Waals surface area contributed by atoms with E-state index in [1.165, 1.54) is 51.4 Å². The first-order valence-electron chi connectivity index (χ1n) is 13.8. The Labute approximate surface area is 196 Å². The van der Waals surface area contributed by atoms with E-state index in [2.05, 4.69) is 30.7 Å². The molecule has 0 aromatic rings. The van der Waals surface area contributed by atoms with Gasteiger partial charge in [0.1, 0.15) is 5.78 Å². The lowest BCUT2D eigenvalue weighted by molar-refractivity contribution is -0.154. The zero-order chi connectivity index (χ0) is 22.5.